The number of hydrogen-bond acceptors (Lipinski definition) is 8. The maximum atomic E-state index is 10.4. The third-order valence-corrected chi connectivity index (χ3v) is 10.0. The Morgan fingerprint density at radius 3 is 2.25 bits per heavy atom. The zero-order valence-electron chi connectivity index (χ0n) is 25.5. The highest BCUT2D eigenvalue weighted by atomic mass is 32.2. The number of nitriles is 2. The zero-order valence-corrected chi connectivity index (χ0v) is 28.0. The molecular weight excluding hydrogens is 599 g/mol. The second-order valence-corrected chi connectivity index (χ2v) is 13.6. The SMILES string of the molecule is C=C1SC(/C=C(\C#N)C(=Nc2ccccc2C)C(C)CC)=C\N(CCC)/C=C(/C=C(\C#N)c2nc3ccccc3s2)SC1=C. The van der Waals surface area contributed by atoms with Crippen LogP contribution >= 0.6 is 34.9 Å². The molecule has 2 aromatic carbocycles. The molecule has 1 unspecified atom stereocenters. The van der Waals surface area contributed by atoms with E-state index >= 15 is 0 Å². The fourth-order valence-electron chi connectivity index (χ4n) is 4.36. The fourth-order valence-corrected chi connectivity index (χ4v) is 7.07. The normalized spacial score (nSPS) is 18.3. The molecule has 0 saturated heterocycles. The van der Waals surface area contributed by atoms with Gasteiger partial charge in [0.25, 0.3) is 0 Å². The molecule has 0 bridgehead atoms. The summed E-state index contributed by atoms with van der Waals surface area (Å²) in [7, 11) is 0. The summed E-state index contributed by atoms with van der Waals surface area (Å²) in [5, 5.41) is 21.2. The molecule has 0 N–H and O–H groups in total. The predicted molar refractivity (Wildman–Crippen MR) is 191 cm³/mol. The molecule has 8 heteroatoms. The Bertz CT molecular complexity index is 1770. The minimum atomic E-state index is 0.0893. The van der Waals surface area contributed by atoms with Gasteiger partial charge in [-0.15, -0.1) is 11.3 Å². The maximum Gasteiger partial charge on any atom is 0.135 e. The van der Waals surface area contributed by atoms with Crippen LogP contribution in [0.2, 0.25) is 0 Å². The van der Waals surface area contributed by atoms with Gasteiger partial charge in [0.2, 0.25) is 0 Å². The average Bonchev–Trinajstić information content (AvgIpc) is 3.47. The molecule has 0 radical (unpaired) electrons. The molecule has 3 aromatic rings. The lowest BCUT2D eigenvalue weighted by Crippen LogP contribution is -2.14. The summed E-state index contributed by atoms with van der Waals surface area (Å²) in [6.07, 6.45) is 9.61. The van der Waals surface area contributed by atoms with Gasteiger partial charge in [0.1, 0.15) is 17.1 Å². The van der Waals surface area contributed by atoms with Crippen molar-refractivity contribution in [3.05, 3.63) is 122 Å². The molecule has 0 spiro atoms. The molecule has 1 atom stereocenters. The zero-order chi connectivity index (χ0) is 31.6. The van der Waals surface area contributed by atoms with E-state index in [4.69, 9.17) is 9.98 Å². The van der Waals surface area contributed by atoms with Crippen LogP contribution in [-0.4, -0.2) is 22.1 Å². The second-order valence-electron chi connectivity index (χ2n) is 10.3. The van der Waals surface area contributed by atoms with E-state index in [0.717, 1.165) is 66.2 Å². The number of hydrogen-bond donors (Lipinski definition) is 0. The van der Waals surface area contributed by atoms with E-state index in [9.17, 15) is 10.5 Å². The monoisotopic (exact) mass is 633 g/mol. The summed E-state index contributed by atoms with van der Waals surface area (Å²) in [6, 6.07) is 20.7. The Morgan fingerprint density at radius 1 is 0.977 bits per heavy atom. The van der Waals surface area contributed by atoms with Crippen molar-refractivity contribution in [2.45, 2.75) is 40.5 Å². The van der Waals surface area contributed by atoms with Crippen LogP contribution in [0.5, 0.6) is 0 Å². The average molecular weight is 634 g/mol. The van der Waals surface area contributed by atoms with Crippen molar-refractivity contribution >= 4 is 62.0 Å². The van der Waals surface area contributed by atoms with Crippen LogP contribution in [0, 0.1) is 35.5 Å². The largest absolute Gasteiger partial charge is 0.352 e. The van der Waals surface area contributed by atoms with E-state index in [2.05, 4.69) is 51.0 Å². The number of nitrogens with zero attached hydrogens (tertiary/aromatic N) is 5. The number of fused-ring (bicyclic) bond motifs is 1. The topological polar surface area (TPSA) is 76.1 Å². The first-order valence-electron chi connectivity index (χ1n) is 14.4. The van der Waals surface area contributed by atoms with Crippen LogP contribution in [-0.2, 0) is 0 Å². The number of aromatic nitrogens is 1. The van der Waals surface area contributed by atoms with Gasteiger partial charge in [-0.1, -0.05) is 87.8 Å². The smallest absolute Gasteiger partial charge is 0.135 e. The van der Waals surface area contributed by atoms with Crippen LogP contribution in [0.3, 0.4) is 0 Å². The van der Waals surface area contributed by atoms with Gasteiger partial charge in [0.15, 0.2) is 0 Å². The van der Waals surface area contributed by atoms with Gasteiger partial charge < -0.3 is 4.90 Å². The number of aliphatic imine (C=N–C) groups is 1. The van der Waals surface area contributed by atoms with Gasteiger partial charge in [-0.2, -0.15) is 10.5 Å². The molecule has 5 nitrogen and oxygen atoms in total. The molecule has 4 rings (SSSR count). The molecule has 1 aliphatic heterocycles. The first-order chi connectivity index (χ1) is 21.3. The molecule has 0 aliphatic carbocycles. The minimum Gasteiger partial charge on any atom is -0.352 e. The number of thiazole rings is 1. The Morgan fingerprint density at radius 2 is 1.64 bits per heavy atom. The van der Waals surface area contributed by atoms with E-state index < -0.39 is 0 Å². The van der Waals surface area contributed by atoms with Gasteiger partial charge in [0, 0.05) is 38.6 Å². The molecule has 2 heterocycles. The van der Waals surface area contributed by atoms with Gasteiger partial charge >= 0.3 is 0 Å². The van der Waals surface area contributed by atoms with E-state index in [1.807, 2.05) is 80.0 Å². The van der Waals surface area contributed by atoms with Crippen LogP contribution < -0.4 is 0 Å². The lowest BCUT2D eigenvalue weighted by Gasteiger charge is -2.17. The Labute approximate surface area is 273 Å². The van der Waals surface area contributed by atoms with E-state index in [0.29, 0.717) is 16.2 Å². The van der Waals surface area contributed by atoms with Crippen molar-refractivity contribution in [3.63, 3.8) is 0 Å². The number of allylic oxidation sites excluding steroid dienone is 4. The molecule has 0 fully saturated rings. The van der Waals surface area contributed by atoms with Crippen molar-refractivity contribution < 1.29 is 0 Å². The van der Waals surface area contributed by atoms with Crippen molar-refractivity contribution in [1.82, 2.24) is 9.88 Å². The van der Waals surface area contributed by atoms with Gasteiger partial charge in [-0.05, 0) is 61.6 Å². The number of rotatable bonds is 9. The Balaban J connectivity index is 1.80. The minimum absolute atomic E-state index is 0.0893. The lowest BCUT2D eigenvalue weighted by atomic mass is 9.96. The molecule has 0 saturated carbocycles. The molecule has 0 amide bonds. The molecule has 44 heavy (non-hydrogen) atoms. The van der Waals surface area contributed by atoms with Crippen molar-refractivity contribution in [1.29, 1.82) is 10.5 Å². The maximum absolute atomic E-state index is 10.4. The molecular formula is C36H35N5S3. The van der Waals surface area contributed by atoms with Gasteiger partial charge in [-0.3, -0.25) is 4.99 Å². The Hall–Kier alpha value is -4.08. The number of thioether (sulfide) groups is 2. The summed E-state index contributed by atoms with van der Waals surface area (Å²) in [5.74, 6) is 0.0893. The van der Waals surface area contributed by atoms with Crippen molar-refractivity contribution in [2.24, 2.45) is 10.9 Å². The Kier molecular flexibility index (Phi) is 11.6. The van der Waals surface area contributed by atoms with Crippen molar-refractivity contribution in [2.75, 3.05) is 6.54 Å². The number of benzene rings is 2. The number of aryl methyl sites for hydroxylation is 1. The van der Waals surface area contributed by atoms with Gasteiger partial charge in [0.05, 0.1) is 32.8 Å². The van der Waals surface area contributed by atoms with Gasteiger partial charge in [-0.25, -0.2) is 4.98 Å². The van der Waals surface area contributed by atoms with Crippen LogP contribution in [0.4, 0.5) is 5.69 Å². The van der Waals surface area contributed by atoms with Crippen LogP contribution in [0.25, 0.3) is 15.8 Å². The predicted octanol–water partition coefficient (Wildman–Crippen LogP) is 10.7. The molecule has 1 aliphatic rings. The highest BCUT2D eigenvalue weighted by molar-refractivity contribution is 8.12. The first kappa shape index (κ1) is 32.8. The first-order valence-corrected chi connectivity index (χ1v) is 16.9. The third kappa shape index (κ3) is 8.30. The summed E-state index contributed by atoms with van der Waals surface area (Å²) in [4.78, 5) is 15.0. The molecule has 1 aromatic heterocycles. The van der Waals surface area contributed by atoms with E-state index in [-0.39, 0.29) is 5.92 Å². The highest BCUT2D eigenvalue weighted by Crippen LogP contribution is 2.42. The quantitative estimate of drug-likeness (QED) is 0.172. The summed E-state index contributed by atoms with van der Waals surface area (Å²) in [5.41, 5.74) is 4.58. The van der Waals surface area contributed by atoms with Crippen molar-refractivity contribution in [3.8, 4) is 12.1 Å². The number of para-hydroxylation sites is 2. The van der Waals surface area contributed by atoms with Crippen LogP contribution in [0.1, 0.15) is 44.2 Å². The summed E-state index contributed by atoms with van der Waals surface area (Å²) in [6.45, 7) is 17.7. The van der Waals surface area contributed by atoms with E-state index in [1.54, 1.807) is 0 Å². The third-order valence-electron chi connectivity index (χ3n) is 6.91. The standard InChI is InChI=1S/C36H35N5S3/c1-7-17-41-22-30(18-28(20-37)35(24(3)8-2)39-32-14-10-9-13-25(32)4)42-26(5)27(6)43-31(23-41)19-29(21-38)36-40-33-15-11-12-16-34(33)44-36/h9-16,18-19,22-24H,5-8,17H2,1-4H3/b28-18+,29-19+,30-22-,31-23-,39-35?. The lowest BCUT2D eigenvalue weighted by molar-refractivity contribution is 0.500. The fraction of sp³-hybridized carbons (Fsp3) is 0.222. The second kappa shape index (κ2) is 15.6. The summed E-state index contributed by atoms with van der Waals surface area (Å²) >= 11 is 4.46. The van der Waals surface area contributed by atoms with E-state index in [1.165, 1.54) is 34.9 Å². The molecule has 222 valence electrons. The highest BCUT2D eigenvalue weighted by Gasteiger charge is 2.19. The summed E-state index contributed by atoms with van der Waals surface area (Å²) < 4.78 is 1.04. The van der Waals surface area contributed by atoms with Crippen LogP contribution in [0.15, 0.2) is 116 Å².